The van der Waals surface area contributed by atoms with E-state index in [4.69, 9.17) is 30.1 Å². The van der Waals surface area contributed by atoms with Crippen molar-refractivity contribution in [3.63, 3.8) is 0 Å². The van der Waals surface area contributed by atoms with Crippen molar-refractivity contribution in [2.24, 2.45) is 11.8 Å². The Morgan fingerprint density at radius 1 is 0.339 bits per heavy atom. The van der Waals surface area contributed by atoms with Crippen LogP contribution in [-0.2, 0) is 73.1 Å². The molecule has 0 aliphatic rings. The first-order chi connectivity index (χ1) is 60.3. The van der Waals surface area contributed by atoms with Gasteiger partial charge < -0.3 is 43.2 Å². The molecular weight excluding hydrogens is 2060 g/mol. The van der Waals surface area contributed by atoms with E-state index in [9.17, 15) is 0 Å². The van der Waals surface area contributed by atoms with Gasteiger partial charge in [-0.3, -0.25) is 0 Å². The fourth-order valence-corrected chi connectivity index (χ4v) is 14.3. The molecule has 0 saturated carbocycles. The Morgan fingerprint density at radius 3 is 1.15 bits per heavy atom. The molecule has 0 fully saturated rings. The summed E-state index contributed by atoms with van der Waals surface area (Å²) in [6, 6.07) is 84.8. The topological polar surface area (TPSA) is 155 Å². The molecule has 639 valence electrons. The van der Waals surface area contributed by atoms with E-state index in [-0.39, 0.29) is 66.2 Å². The average Bonchev–Trinajstić information content (AvgIpc) is 1.63. The summed E-state index contributed by atoms with van der Waals surface area (Å²) >= 11 is 0. The van der Waals surface area contributed by atoms with Crippen LogP contribution in [0.15, 0.2) is 251 Å². The van der Waals surface area contributed by atoms with Crippen molar-refractivity contribution in [2.45, 2.75) is 174 Å². The Morgan fingerprint density at radius 2 is 0.750 bits per heavy atom. The maximum atomic E-state index is 8.35. The Kier molecular flexibility index (Phi) is 31.2. The van der Waals surface area contributed by atoms with Crippen LogP contribution in [0.5, 0.6) is 0 Å². The minimum atomic E-state index is -2.10. The maximum absolute atomic E-state index is 8.35. The Labute approximate surface area is 779 Å². The quantitative estimate of drug-likeness (QED) is 0.0897. The van der Waals surface area contributed by atoms with Crippen molar-refractivity contribution in [3.8, 4) is 67.5 Å². The molecule has 0 N–H and O–H groups in total. The van der Waals surface area contributed by atoms with Gasteiger partial charge in [-0.2, -0.15) is 0 Å². The van der Waals surface area contributed by atoms with E-state index in [1.807, 2.05) is 167 Å². The molecule has 0 aliphatic heterocycles. The summed E-state index contributed by atoms with van der Waals surface area (Å²) in [6.45, 7) is 35.8. The third-order valence-electron chi connectivity index (χ3n) is 20.8. The number of pyridine rings is 9. The molecular formula is C109H107Ir3N9O3-6. The van der Waals surface area contributed by atoms with Crippen LogP contribution in [0, 0.1) is 82.8 Å². The molecule has 0 saturated heterocycles. The molecule has 15 heteroatoms. The zero-order valence-electron chi connectivity index (χ0n) is 78.5. The van der Waals surface area contributed by atoms with Gasteiger partial charge in [0, 0.05) is 138 Å². The molecule has 0 spiro atoms. The van der Waals surface area contributed by atoms with Gasteiger partial charge in [-0.1, -0.05) is 200 Å². The number of aryl methyl sites for hydroxylation is 5. The molecule has 0 bridgehead atoms. The molecule has 12 nitrogen and oxygen atoms in total. The fourth-order valence-electron chi connectivity index (χ4n) is 14.3. The second-order valence-electron chi connectivity index (χ2n) is 32.8. The van der Waals surface area contributed by atoms with E-state index in [1.54, 1.807) is 31.3 Å². The summed E-state index contributed by atoms with van der Waals surface area (Å²) in [6.07, 6.45) is 10.3. The monoisotopic (exact) mass is 2170 g/mol. The van der Waals surface area contributed by atoms with Crippen molar-refractivity contribution in [1.82, 2.24) is 44.9 Å². The van der Waals surface area contributed by atoms with Gasteiger partial charge in [0.2, 0.25) is 17.1 Å². The number of nitrogens with zero attached hydrogens (tertiary/aromatic N) is 9. The van der Waals surface area contributed by atoms with E-state index >= 15 is 0 Å². The number of aromatic nitrogens is 9. The van der Waals surface area contributed by atoms with Crippen molar-refractivity contribution >= 4 is 66.2 Å². The largest absolute Gasteiger partial charge is 0.486 e. The van der Waals surface area contributed by atoms with E-state index in [0.29, 0.717) is 75.1 Å². The third-order valence-corrected chi connectivity index (χ3v) is 20.8. The normalized spacial score (nSPS) is 11.9. The number of rotatable bonds is 15. The van der Waals surface area contributed by atoms with Crippen LogP contribution in [-0.4, -0.2) is 44.9 Å². The van der Waals surface area contributed by atoms with E-state index < -0.39 is 13.2 Å². The molecule has 12 aromatic heterocycles. The first-order valence-corrected chi connectivity index (χ1v) is 41.7. The van der Waals surface area contributed by atoms with Crippen LogP contribution in [0.4, 0.5) is 0 Å². The summed E-state index contributed by atoms with van der Waals surface area (Å²) in [7, 11) is 0. The molecule has 0 atom stereocenters. The molecule has 124 heavy (non-hydrogen) atoms. The van der Waals surface area contributed by atoms with Crippen molar-refractivity contribution < 1.29 is 80.4 Å². The number of hydrogen-bond donors (Lipinski definition) is 0. The van der Waals surface area contributed by atoms with E-state index in [2.05, 4.69) is 229 Å². The van der Waals surface area contributed by atoms with Gasteiger partial charge in [0.05, 0.1) is 16.7 Å². The van der Waals surface area contributed by atoms with Gasteiger partial charge in [-0.05, 0) is 194 Å². The minimum Gasteiger partial charge on any atom is -0.486 e. The Bertz CT molecular complexity index is 6700. The second kappa shape index (κ2) is 44.1. The van der Waals surface area contributed by atoms with Crippen molar-refractivity contribution in [3.05, 3.63) is 341 Å². The van der Waals surface area contributed by atoms with Gasteiger partial charge in [0.25, 0.3) is 0 Å². The standard InChI is InChI=1S/C23H23N2O.C22H21N2O.C21H19N2O.2C15H16N.C13H12N.3Ir/c1-14(2)12-17-8-9-19-18-6-5-7-20(22(18)26-23(19)25-17)21-13-16(15(3)4)10-11-24-21;1-13(2)15-10-11-23-20(12-15)18-7-5-6-16-17-8-9-19(14(3)4)24-22(17)25-21(16)18;1-13(2)11-15-9-10-22-19(12-15)18-6-4-5-16-17-8-7-14(3)23-21(17)24-20(16)18;2*1-11(2)14-10-16-15(9-12(14)3)13-7-5-4-6-8-13;1-10-8-13(14-9-11(10)2)12-6-4-3-5-7-12;;;/h5-6,8-11,13-15H,12H2,1-4H3;5-6,8-14H,1-4H3;4-5,7-10,12-13H,11H2,1-3H3;2*4-7,9-11H,1-3H3;3-6,8-9H,1-2H3;;;/q6*-1;;;/i;;11D2;;;2D3;;;. The summed E-state index contributed by atoms with van der Waals surface area (Å²) < 4.78 is 57.2. The summed E-state index contributed by atoms with van der Waals surface area (Å²) in [5, 5.41) is 6.12. The van der Waals surface area contributed by atoms with E-state index in [0.717, 1.165) is 134 Å². The number of furan rings is 3. The van der Waals surface area contributed by atoms with Gasteiger partial charge in [0.1, 0.15) is 0 Å². The molecule has 0 aliphatic carbocycles. The summed E-state index contributed by atoms with van der Waals surface area (Å²) in [4.78, 5) is 40.6. The van der Waals surface area contributed by atoms with Crippen LogP contribution >= 0.6 is 0 Å². The van der Waals surface area contributed by atoms with Gasteiger partial charge in [-0.15, -0.1) is 162 Å². The fraction of sp³-hybridized carbons (Fsp3) is 0.257. The molecule has 3 radical (unpaired) electrons. The predicted molar refractivity (Wildman–Crippen MR) is 497 cm³/mol. The zero-order valence-corrected chi connectivity index (χ0v) is 80.7. The minimum absolute atomic E-state index is 0. The van der Waals surface area contributed by atoms with Crippen LogP contribution in [0.2, 0.25) is 0 Å². The van der Waals surface area contributed by atoms with Gasteiger partial charge >= 0.3 is 0 Å². The van der Waals surface area contributed by atoms with Crippen LogP contribution < -0.4 is 0 Å². The molecule has 0 amide bonds. The average molecular weight is 2170 g/mol. The first kappa shape index (κ1) is 87.9. The molecule has 6 aromatic carbocycles. The number of fused-ring (bicyclic) bond motifs is 9. The molecule has 18 rings (SSSR count). The van der Waals surface area contributed by atoms with Gasteiger partial charge in [0.15, 0.2) is 0 Å². The van der Waals surface area contributed by atoms with E-state index in [1.165, 1.54) is 39.6 Å². The Hall–Kier alpha value is -11.0. The molecule has 12 heterocycles. The van der Waals surface area contributed by atoms with Crippen molar-refractivity contribution in [1.29, 1.82) is 0 Å². The van der Waals surface area contributed by atoms with Crippen LogP contribution in [0.3, 0.4) is 0 Å². The summed E-state index contributed by atoms with van der Waals surface area (Å²) in [5.74, 6) is 2.75. The van der Waals surface area contributed by atoms with Crippen molar-refractivity contribution in [2.75, 3.05) is 0 Å². The zero-order chi connectivity index (χ0) is 89.8. The van der Waals surface area contributed by atoms with Crippen LogP contribution in [0.25, 0.3) is 134 Å². The molecule has 18 aromatic rings. The first-order valence-electron chi connectivity index (χ1n) is 44.2. The van der Waals surface area contributed by atoms with Crippen LogP contribution in [0.1, 0.15) is 201 Å². The van der Waals surface area contributed by atoms with Gasteiger partial charge in [-0.25, -0.2) is 15.0 Å². The molecule has 0 unspecified atom stereocenters. The summed E-state index contributed by atoms with van der Waals surface area (Å²) in [5.41, 5.74) is 27.3. The predicted octanol–water partition coefficient (Wildman–Crippen LogP) is 28.7. The SMILES string of the molecule is CC(C)Cc1ccc2c(n1)oc1c(-c3cc(C(C)C)ccn3)[c-]ccc12.CC(C)c1ccnc(-c2[c-]ccc3c2oc2nc(C(C)C)ccc23)c1.Cc1cc(-c2[c-]cccc2)ncc1C(C)C.Cc1cc(-c2[c-]cccc2)ncc1C(C)C.[2H]C([2H])([2H])c1cnc(-c2[c-]cccc2)cc1C.[2H]C([2H])(c1ccnc(-c2[c-]ccc3c2oc2nc(C)ccc23)c1)C(C)C.[Ir].[Ir].[Ir]. The Balaban J connectivity index is 0.000000162. The number of benzene rings is 6. The second-order valence-corrected chi connectivity index (χ2v) is 32.8. The smallest absolute Gasteiger partial charge is 0.216 e. The maximum Gasteiger partial charge on any atom is 0.216 e. The number of hydrogen-bond acceptors (Lipinski definition) is 12. The third kappa shape index (κ3) is 23.5.